The zero-order valence-electron chi connectivity index (χ0n) is 13.6. The molecule has 0 spiro atoms. The molecule has 1 saturated heterocycles. The van der Waals surface area contributed by atoms with Crippen molar-refractivity contribution in [3.8, 4) is 0 Å². The minimum absolute atomic E-state index is 0.217. The molecule has 1 aromatic rings. The van der Waals surface area contributed by atoms with Crippen LogP contribution in [-0.2, 0) is 16.0 Å². The maximum atomic E-state index is 12.3. The van der Waals surface area contributed by atoms with Crippen molar-refractivity contribution in [2.75, 3.05) is 26.3 Å². The Balaban J connectivity index is 1.20. The van der Waals surface area contributed by atoms with Crippen LogP contribution in [0.4, 0.5) is 0 Å². The molecule has 1 aliphatic heterocycles. The number of likely N-dealkylation sites (tertiary alicyclic amines) is 1. The summed E-state index contributed by atoms with van der Waals surface area (Å²) in [4.78, 5) is 18.7. The number of nitrogens with zero attached hydrogens (tertiary/aromatic N) is 3. The van der Waals surface area contributed by atoms with Crippen LogP contribution in [-0.4, -0.2) is 47.3 Å². The van der Waals surface area contributed by atoms with Crippen molar-refractivity contribution in [1.29, 1.82) is 0 Å². The molecule has 3 aliphatic rings. The van der Waals surface area contributed by atoms with Crippen molar-refractivity contribution in [3.63, 3.8) is 0 Å². The summed E-state index contributed by atoms with van der Waals surface area (Å²) >= 11 is 0. The average Bonchev–Trinajstić information content (AvgIpc) is 3.00. The third-order valence-corrected chi connectivity index (χ3v) is 5.25. The Hall–Kier alpha value is -1.43. The number of amides is 1. The molecule has 0 bridgehead atoms. The first-order chi connectivity index (χ1) is 11.3. The van der Waals surface area contributed by atoms with Gasteiger partial charge in [-0.3, -0.25) is 4.79 Å². The first kappa shape index (κ1) is 15.1. The van der Waals surface area contributed by atoms with E-state index in [4.69, 9.17) is 9.26 Å². The third kappa shape index (κ3) is 3.57. The van der Waals surface area contributed by atoms with Gasteiger partial charge >= 0.3 is 0 Å². The molecular formula is C17H25N3O3. The van der Waals surface area contributed by atoms with Gasteiger partial charge in [-0.15, -0.1) is 0 Å². The van der Waals surface area contributed by atoms with Gasteiger partial charge in [0, 0.05) is 32.0 Å². The predicted molar refractivity (Wildman–Crippen MR) is 82.8 cm³/mol. The van der Waals surface area contributed by atoms with Crippen LogP contribution in [0, 0.1) is 11.8 Å². The van der Waals surface area contributed by atoms with E-state index in [0.29, 0.717) is 24.8 Å². The maximum Gasteiger partial charge on any atom is 0.233 e. The normalized spacial score (nSPS) is 22.5. The Morgan fingerprint density at radius 2 is 2.00 bits per heavy atom. The summed E-state index contributed by atoms with van der Waals surface area (Å²) in [5, 5.41) is 4.03. The SMILES string of the molecule is O=C(C1CCCC1)N1CC(c2nc(CCOCC3CC3)no2)C1. The zero-order valence-corrected chi connectivity index (χ0v) is 13.6. The van der Waals surface area contributed by atoms with Gasteiger partial charge in [-0.05, 0) is 31.6 Å². The van der Waals surface area contributed by atoms with E-state index in [0.717, 1.165) is 44.3 Å². The highest BCUT2D eigenvalue weighted by Crippen LogP contribution is 2.32. The van der Waals surface area contributed by atoms with Gasteiger partial charge in [0.15, 0.2) is 5.82 Å². The Bertz CT molecular complexity index is 543. The summed E-state index contributed by atoms with van der Waals surface area (Å²) < 4.78 is 11.0. The smallest absolute Gasteiger partial charge is 0.233 e. The van der Waals surface area contributed by atoms with E-state index in [9.17, 15) is 4.79 Å². The number of rotatable bonds is 7. The lowest BCUT2D eigenvalue weighted by molar-refractivity contribution is -0.140. The summed E-state index contributed by atoms with van der Waals surface area (Å²) in [5.41, 5.74) is 0. The van der Waals surface area contributed by atoms with Gasteiger partial charge < -0.3 is 14.2 Å². The lowest BCUT2D eigenvalue weighted by atomic mass is 9.96. The Morgan fingerprint density at radius 1 is 1.22 bits per heavy atom. The van der Waals surface area contributed by atoms with Crippen LogP contribution in [0.5, 0.6) is 0 Å². The van der Waals surface area contributed by atoms with Gasteiger partial charge in [0.1, 0.15) is 0 Å². The molecule has 4 rings (SSSR count). The molecule has 6 heteroatoms. The van der Waals surface area contributed by atoms with Gasteiger partial charge in [-0.25, -0.2) is 0 Å². The highest BCUT2D eigenvalue weighted by atomic mass is 16.5. The molecule has 0 radical (unpaired) electrons. The Morgan fingerprint density at radius 3 is 2.74 bits per heavy atom. The number of carbonyl (C=O) groups excluding carboxylic acids is 1. The van der Waals surface area contributed by atoms with Crippen LogP contribution < -0.4 is 0 Å². The van der Waals surface area contributed by atoms with Gasteiger partial charge in [-0.1, -0.05) is 18.0 Å². The highest BCUT2D eigenvalue weighted by molar-refractivity contribution is 5.80. The summed E-state index contributed by atoms with van der Waals surface area (Å²) in [5.74, 6) is 2.99. The summed E-state index contributed by atoms with van der Waals surface area (Å²) in [6.45, 7) is 2.99. The fraction of sp³-hybridized carbons (Fsp3) is 0.824. The minimum Gasteiger partial charge on any atom is -0.381 e. The van der Waals surface area contributed by atoms with Crippen LogP contribution in [0.2, 0.25) is 0 Å². The highest BCUT2D eigenvalue weighted by Gasteiger charge is 2.38. The van der Waals surface area contributed by atoms with Crippen LogP contribution in [0.25, 0.3) is 0 Å². The van der Waals surface area contributed by atoms with E-state index in [2.05, 4.69) is 10.1 Å². The van der Waals surface area contributed by atoms with Crippen molar-refractivity contribution >= 4 is 5.91 Å². The predicted octanol–water partition coefficient (Wildman–Crippen LogP) is 2.15. The number of aromatic nitrogens is 2. The zero-order chi connectivity index (χ0) is 15.6. The minimum atomic E-state index is 0.217. The largest absolute Gasteiger partial charge is 0.381 e. The van der Waals surface area contributed by atoms with Gasteiger partial charge in [0.05, 0.1) is 12.5 Å². The third-order valence-electron chi connectivity index (χ3n) is 5.25. The standard InChI is InChI=1S/C17H25N3O3/c21-17(13-3-1-2-4-13)20-9-14(10-20)16-18-15(19-23-16)7-8-22-11-12-5-6-12/h12-14H,1-11H2. The molecule has 6 nitrogen and oxygen atoms in total. The maximum absolute atomic E-state index is 12.3. The second-order valence-corrected chi connectivity index (χ2v) is 7.24. The van der Waals surface area contributed by atoms with E-state index >= 15 is 0 Å². The van der Waals surface area contributed by atoms with Crippen LogP contribution in [0.15, 0.2) is 4.52 Å². The van der Waals surface area contributed by atoms with Crippen molar-refractivity contribution in [2.24, 2.45) is 11.8 Å². The molecule has 1 aromatic heterocycles. The average molecular weight is 319 g/mol. The quantitative estimate of drug-likeness (QED) is 0.720. The van der Waals surface area contributed by atoms with Crippen LogP contribution in [0.1, 0.15) is 56.2 Å². The van der Waals surface area contributed by atoms with Crippen molar-refractivity contribution in [1.82, 2.24) is 15.0 Å². The summed E-state index contributed by atoms with van der Waals surface area (Å²) in [7, 11) is 0. The second kappa shape index (κ2) is 6.59. The number of ether oxygens (including phenoxy) is 1. The summed E-state index contributed by atoms with van der Waals surface area (Å²) in [6, 6.07) is 0. The summed E-state index contributed by atoms with van der Waals surface area (Å²) in [6.07, 6.45) is 7.84. The molecule has 1 amide bonds. The molecule has 2 heterocycles. The van der Waals surface area contributed by atoms with Gasteiger partial charge in [0.25, 0.3) is 0 Å². The molecule has 0 atom stereocenters. The first-order valence-electron chi connectivity index (χ1n) is 8.98. The van der Waals surface area contributed by atoms with Gasteiger partial charge in [0.2, 0.25) is 11.8 Å². The van der Waals surface area contributed by atoms with E-state index in [1.807, 2.05) is 4.90 Å². The number of carbonyl (C=O) groups is 1. The number of hydrogen-bond acceptors (Lipinski definition) is 5. The second-order valence-electron chi connectivity index (χ2n) is 7.24. The van der Waals surface area contributed by atoms with E-state index in [-0.39, 0.29) is 11.8 Å². The van der Waals surface area contributed by atoms with Crippen LogP contribution >= 0.6 is 0 Å². The topological polar surface area (TPSA) is 68.5 Å². The molecule has 2 saturated carbocycles. The van der Waals surface area contributed by atoms with Crippen molar-refractivity contribution in [3.05, 3.63) is 11.7 Å². The van der Waals surface area contributed by atoms with E-state index in [1.165, 1.54) is 25.7 Å². The van der Waals surface area contributed by atoms with Crippen molar-refractivity contribution < 1.29 is 14.1 Å². The van der Waals surface area contributed by atoms with E-state index < -0.39 is 0 Å². The number of hydrogen-bond donors (Lipinski definition) is 0. The van der Waals surface area contributed by atoms with Crippen LogP contribution in [0.3, 0.4) is 0 Å². The molecule has 0 N–H and O–H groups in total. The molecule has 126 valence electrons. The van der Waals surface area contributed by atoms with Crippen molar-refractivity contribution in [2.45, 2.75) is 50.9 Å². The first-order valence-corrected chi connectivity index (χ1v) is 8.98. The fourth-order valence-electron chi connectivity index (χ4n) is 3.48. The Kier molecular flexibility index (Phi) is 4.33. The Labute approximate surface area is 136 Å². The molecular weight excluding hydrogens is 294 g/mol. The van der Waals surface area contributed by atoms with Gasteiger partial charge in [-0.2, -0.15) is 4.98 Å². The van der Waals surface area contributed by atoms with E-state index in [1.54, 1.807) is 0 Å². The monoisotopic (exact) mass is 319 g/mol. The molecule has 0 unspecified atom stereocenters. The molecule has 0 aromatic carbocycles. The molecule has 3 fully saturated rings. The lowest BCUT2D eigenvalue weighted by Gasteiger charge is -2.38. The molecule has 2 aliphatic carbocycles. The fourth-order valence-corrected chi connectivity index (χ4v) is 3.48. The lowest BCUT2D eigenvalue weighted by Crippen LogP contribution is -2.50. The molecule has 23 heavy (non-hydrogen) atoms.